The summed E-state index contributed by atoms with van der Waals surface area (Å²) in [6, 6.07) is 0. The molecule has 138 valence electrons. The van der Waals surface area contributed by atoms with Gasteiger partial charge in [0.2, 0.25) is 11.8 Å². The smallest absolute Gasteiger partial charge is 0.253 e. The molecule has 1 aromatic carbocycles. The summed E-state index contributed by atoms with van der Waals surface area (Å²) in [5, 5.41) is 26.1. The predicted octanol–water partition coefficient (Wildman–Crippen LogP) is 1.50. The summed E-state index contributed by atoms with van der Waals surface area (Å²) in [5.74, 6) is -1.11. The van der Waals surface area contributed by atoms with Gasteiger partial charge in [-0.05, 0) is 67.8 Å². The first-order chi connectivity index (χ1) is 11.6. The highest BCUT2D eigenvalue weighted by atomic mass is 127. The van der Waals surface area contributed by atoms with Gasteiger partial charge in [0.25, 0.3) is 5.91 Å². The summed E-state index contributed by atoms with van der Waals surface area (Å²) in [6.07, 6.45) is -1.08. The van der Waals surface area contributed by atoms with E-state index in [-0.39, 0.29) is 23.9 Å². The summed E-state index contributed by atoms with van der Waals surface area (Å²) in [7, 11) is 0. The van der Waals surface area contributed by atoms with Crippen molar-refractivity contribution < 1.29 is 24.6 Å². The lowest BCUT2D eigenvalue weighted by Crippen LogP contribution is -2.35. The van der Waals surface area contributed by atoms with Crippen molar-refractivity contribution in [3.05, 3.63) is 16.3 Å². The fraction of sp³-hybridized carbons (Fsp3) is 0.357. The van der Waals surface area contributed by atoms with Crippen LogP contribution in [0.4, 0.5) is 11.4 Å². The van der Waals surface area contributed by atoms with E-state index in [4.69, 9.17) is 5.11 Å². The third kappa shape index (κ3) is 6.14. The summed E-state index contributed by atoms with van der Waals surface area (Å²) in [6.45, 7) is 2.09. The molecule has 0 fully saturated rings. The van der Waals surface area contributed by atoms with Crippen LogP contribution in [-0.4, -0.2) is 47.2 Å². The van der Waals surface area contributed by atoms with Gasteiger partial charge in [-0.2, -0.15) is 0 Å². The molecule has 0 radical (unpaired) electrons. The molecule has 0 aliphatic rings. The fourth-order valence-electron chi connectivity index (χ4n) is 1.80. The molecule has 1 aromatic rings. The molecule has 5 N–H and O–H groups in total. The molecule has 0 heterocycles. The number of carbonyl (C=O) groups is 3. The van der Waals surface area contributed by atoms with Crippen LogP contribution in [0.5, 0.6) is 0 Å². The molecular weight excluding hydrogens is 671 g/mol. The second kappa shape index (κ2) is 10.2. The van der Waals surface area contributed by atoms with Gasteiger partial charge in [0.1, 0.15) is 0 Å². The van der Waals surface area contributed by atoms with Crippen molar-refractivity contribution in [2.75, 3.05) is 23.8 Å². The molecule has 1 atom stereocenters. The molecule has 0 aliphatic carbocycles. The number of nitrogens with one attached hydrogen (secondary N) is 3. The average molecular weight is 687 g/mol. The summed E-state index contributed by atoms with van der Waals surface area (Å²) < 4.78 is 1.61. The van der Waals surface area contributed by atoms with Gasteiger partial charge in [0, 0.05) is 20.4 Å². The molecule has 1 rings (SSSR count). The van der Waals surface area contributed by atoms with Crippen LogP contribution in [0.3, 0.4) is 0 Å². The zero-order valence-corrected chi connectivity index (χ0v) is 19.7. The molecule has 0 bridgehead atoms. The summed E-state index contributed by atoms with van der Waals surface area (Å²) in [5.41, 5.74) is 1.11. The topological polar surface area (TPSA) is 128 Å². The maximum atomic E-state index is 12.6. The van der Waals surface area contributed by atoms with Crippen LogP contribution in [0.1, 0.15) is 24.2 Å². The van der Waals surface area contributed by atoms with Gasteiger partial charge in [-0.1, -0.05) is 0 Å². The zero-order chi connectivity index (χ0) is 19.3. The number of anilines is 2. The Morgan fingerprint density at radius 3 is 1.76 bits per heavy atom. The van der Waals surface area contributed by atoms with E-state index in [9.17, 15) is 19.5 Å². The number of hydrogen-bond acceptors (Lipinski definition) is 5. The Hall–Kier alpha value is -0.260. The van der Waals surface area contributed by atoms with Crippen molar-refractivity contribution in [2.24, 2.45) is 0 Å². The van der Waals surface area contributed by atoms with Crippen molar-refractivity contribution in [3.8, 4) is 0 Å². The minimum atomic E-state index is -1.08. The lowest BCUT2D eigenvalue weighted by atomic mass is 10.1. The summed E-state index contributed by atoms with van der Waals surface area (Å²) in [4.78, 5) is 35.6. The van der Waals surface area contributed by atoms with Crippen LogP contribution in [0.2, 0.25) is 0 Å². The minimum absolute atomic E-state index is 0.127. The van der Waals surface area contributed by atoms with E-state index >= 15 is 0 Å². The van der Waals surface area contributed by atoms with E-state index in [1.165, 1.54) is 13.8 Å². The van der Waals surface area contributed by atoms with Crippen LogP contribution in [0.25, 0.3) is 0 Å². The van der Waals surface area contributed by atoms with E-state index < -0.39 is 18.6 Å². The van der Waals surface area contributed by atoms with Gasteiger partial charge in [0.05, 0.1) is 40.4 Å². The number of amides is 3. The highest BCUT2D eigenvalue weighted by molar-refractivity contribution is 14.1. The second-order valence-corrected chi connectivity index (χ2v) is 8.21. The number of hydrogen-bond donors (Lipinski definition) is 5. The van der Waals surface area contributed by atoms with Gasteiger partial charge in [-0.3, -0.25) is 14.4 Å². The standard InChI is InChI=1S/C14H16I3N3O5/c1-5(22)19-12-9(15)8(14(25)18-3-7(24)4-21)10(16)13(11(12)17)20-6(2)23/h7,21,24H,3-4H2,1-2H3,(H,18,25)(H,19,22)(H,20,23). The van der Waals surface area contributed by atoms with Crippen LogP contribution < -0.4 is 16.0 Å². The maximum absolute atomic E-state index is 12.6. The van der Waals surface area contributed by atoms with Gasteiger partial charge >= 0.3 is 0 Å². The van der Waals surface area contributed by atoms with Crippen molar-refractivity contribution in [1.82, 2.24) is 5.32 Å². The molecule has 1 unspecified atom stereocenters. The zero-order valence-electron chi connectivity index (χ0n) is 13.2. The van der Waals surface area contributed by atoms with E-state index in [2.05, 4.69) is 16.0 Å². The monoisotopic (exact) mass is 687 g/mol. The third-order valence-electron chi connectivity index (χ3n) is 2.86. The Bertz CT molecular complexity index is 668. The minimum Gasteiger partial charge on any atom is -0.394 e. The van der Waals surface area contributed by atoms with E-state index in [1.807, 2.05) is 67.8 Å². The lowest BCUT2D eigenvalue weighted by molar-refractivity contribution is -0.115. The van der Waals surface area contributed by atoms with Crippen LogP contribution in [-0.2, 0) is 9.59 Å². The largest absolute Gasteiger partial charge is 0.394 e. The third-order valence-corrected chi connectivity index (χ3v) is 6.09. The first-order valence-corrected chi connectivity index (χ1v) is 10.2. The fourth-order valence-corrected chi connectivity index (χ4v) is 5.99. The van der Waals surface area contributed by atoms with E-state index in [0.717, 1.165) is 0 Å². The molecule has 11 heteroatoms. The SMILES string of the molecule is CC(=O)Nc1c(I)c(NC(C)=O)c(I)c(C(=O)NCC(O)CO)c1I. The Balaban J connectivity index is 3.46. The summed E-state index contributed by atoms with van der Waals surface area (Å²) >= 11 is 5.89. The van der Waals surface area contributed by atoms with E-state index in [1.54, 1.807) is 0 Å². The van der Waals surface area contributed by atoms with Crippen LogP contribution >= 0.6 is 67.8 Å². The molecule has 25 heavy (non-hydrogen) atoms. The van der Waals surface area contributed by atoms with Crippen molar-refractivity contribution in [1.29, 1.82) is 0 Å². The Morgan fingerprint density at radius 1 is 0.960 bits per heavy atom. The van der Waals surface area contributed by atoms with Crippen molar-refractivity contribution in [2.45, 2.75) is 20.0 Å². The Morgan fingerprint density at radius 2 is 1.40 bits per heavy atom. The number of halogens is 3. The van der Waals surface area contributed by atoms with Crippen LogP contribution in [0.15, 0.2) is 0 Å². The van der Waals surface area contributed by atoms with Crippen molar-refractivity contribution in [3.63, 3.8) is 0 Å². The normalized spacial score (nSPS) is 11.6. The van der Waals surface area contributed by atoms with Gasteiger partial charge in [-0.25, -0.2) is 0 Å². The first kappa shape index (κ1) is 22.8. The number of aliphatic hydroxyl groups excluding tert-OH is 2. The van der Waals surface area contributed by atoms with E-state index in [0.29, 0.717) is 22.1 Å². The molecule has 3 amide bonds. The van der Waals surface area contributed by atoms with Gasteiger partial charge < -0.3 is 26.2 Å². The highest BCUT2D eigenvalue weighted by Gasteiger charge is 2.25. The van der Waals surface area contributed by atoms with Gasteiger partial charge in [0.15, 0.2) is 0 Å². The number of rotatable bonds is 6. The Labute approximate surface area is 185 Å². The molecular formula is C14H16I3N3O5. The molecule has 0 aromatic heterocycles. The molecule has 0 aliphatic heterocycles. The molecule has 8 nitrogen and oxygen atoms in total. The number of aliphatic hydroxyl groups is 2. The molecule has 0 spiro atoms. The Kier molecular flexibility index (Phi) is 9.27. The maximum Gasteiger partial charge on any atom is 0.253 e. The molecule has 0 saturated heterocycles. The molecule has 0 saturated carbocycles. The lowest BCUT2D eigenvalue weighted by Gasteiger charge is -2.20. The quantitative estimate of drug-likeness (QED) is 0.290. The second-order valence-electron chi connectivity index (χ2n) is 4.98. The highest BCUT2D eigenvalue weighted by Crippen LogP contribution is 2.38. The average Bonchev–Trinajstić information content (AvgIpc) is 2.52. The van der Waals surface area contributed by atoms with Gasteiger partial charge in [-0.15, -0.1) is 0 Å². The predicted molar refractivity (Wildman–Crippen MR) is 119 cm³/mol. The number of benzene rings is 1. The van der Waals surface area contributed by atoms with Crippen LogP contribution in [0, 0.1) is 10.7 Å². The number of carbonyl (C=O) groups excluding carboxylic acids is 3. The first-order valence-electron chi connectivity index (χ1n) is 6.92. The van der Waals surface area contributed by atoms with Crippen molar-refractivity contribution >= 4 is 96.9 Å².